The first-order valence-corrected chi connectivity index (χ1v) is 16.5. The maximum atomic E-state index is 2.47. The first-order chi connectivity index (χ1) is 23.1. The standard InChI is InChI=1S/C45H30N2/c1-45(2)38-15-6-3-10-30(38)31-22-20-29(26-39(31)45)46-40-16-7-5-12-33(40)37-24-27(19-23-42(37)46)28-18-21-34-36-14-9-13-35-32-11-4-8-17-41(32)47(44(35)36)43(34)25-28/h3-26H,1-2H3. The molecule has 0 unspecified atom stereocenters. The van der Waals surface area contributed by atoms with Gasteiger partial charge in [-0.15, -0.1) is 0 Å². The lowest BCUT2D eigenvalue weighted by Crippen LogP contribution is -2.15. The molecular formula is C45H30N2. The molecule has 3 heterocycles. The molecular weight excluding hydrogens is 569 g/mol. The van der Waals surface area contributed by atoms with E-state index in [-0.39, 0.29) is 5.41 Å². The molecule has 0 saturated heterocycles. The number of nitrogens with zero attached hydrogens (tertiary/aromatic N) is 2. The minimum Gasteiger partial charge on any atom is -0.309 e. The molecule has 2 heteroatoms. The Balaban J connectivity index is 1.12. The summed E-state index contributed by atoms with van der Waals surface area (Å²) >= 11 is 0. The van der Waals surface area contributed by atoms with Gasteiger partial charge < -0.3 is 8.97 Å². The molecule has 47 heavy (non-hydrogen) atoms. The van der Waals surface area contributed by atoms with Gasteiger partial charge in [-0.3, -0.25) is 0 Å². The minimum absolute atomic E-state index is 0.0439. The average molecular weight is 599 g/mol. The zero-order valence-electron chi connectivity index (χ0n) is 26.3. The molecule has 0 saturated carbocycles. The predicted octanol–water partition coefficient (Wildman–Crippen LogP) is 11.9. The van der Waals surface area contributed by atoms with E-state index in [4.69, 9.17) is 0 Å². The number of hydrogen-bond donors (Lipinski definition) is 0. The summed E-state index contributed by atoms with van der Waals surface area (Å²) in [6.45, 7) is 4.71. The Morgan fingerprint density at radius 2 is 1.02 bits per heavy atom. The quantitative estimate of drug-likeness (QED) is 0.187. The van der Waals surface area contributed by atoms with Crippen LogP contribution in [-0.4, -0.2) is 8.97 Å². The number of hydrogen-bond acceptors (Lipinski definition) is 0. The van der Waals surface area contributed by atoms with Gasteiger partial charge in [-0.25, -0.2) is 0 Å². The first-order valence-electron chi connectivity index (χ1n) is 16.5. The van der Waals surface area contributed by atoms with E-state index in [1.54, 1.807) is 0 Å². The highest BCUT2D eigenvalue weighted by Gasteiger charge is 2.35. The molecule has 3 aromatic heterocycles. The highest BCUT2D eigenvalue weighted by molar-refractivity contribution is 6.23. The van der Waals surface area contributed by atoms with Crippen molar-refractivity contribution >= 4 is 59.9 Å². The second kappa shape index (κ2) is 8.69. The van der Waals surface area contributed by atoms with E-state index in [2.05, 4.69) is 168 Å². The second-order valence-electron chi connectivity index (χ2n) is 13.8. The Kier molecular flexibility index (Phi) is 4.68. The lowest BCUT2D eigenvalue weighted by atomic mass is 9.82. The third-order valence-corrected chi connectivity index (χ3v) is 11.1. The van der Waals surface area contributed by atoms with Gasteiger partial charge in [0.2, 0.25) is 0 Å². The van der Waals surface area contributed by atoms with E-state index in [1.165, 1.54) is 99.0 Å². The fourth-order valence-electron chi connectivity index (χ4n) is 8.87. The van der Waals surface area contributed by atoms with Crippen molar-refractivity contribution in [1.82, 2.24) is 8.97 Å². The Bertz CT molecular complexity index is 2930. The monoisotopic (exact) mass is 598 g/mol. The van der Waals surface area contributed by atoms with E-state index in [0.717, 1.165) is 0 Å². The second-order valence-corrected chi connectivity index (χ2v) is 13.8. The highest BCUT2D eigenvalue weighted by atomic mass is 15.0. The molecule has 0 atom stereocenters. The molecule has 0 radical (unpaired) electrons. The van der Waals surface area contributed by atoms with E-state index in [1.807, 2.05) is 0 Å². The van der Waals surface area contributed by atoms with Crippen molar-refractivity contribution in [3.05, 3.63) is 157 Å². The van der Waals surface area contributed by atoms with Crippen molar-refractivity contribution in [3.8, 4) is 27.9 Å². The maximum absolute atomic E-state index is 2.47. The molecule has 0 aliphatic heterocycles. The molecule has 11 rings (SSSR count). The normalized spacial score (nSPS) is 13.9. The molecule has 0 fully saturated rings. The van der Waals surface area contributed by atoms with Gasteiger partial charge in [-0.05, 0) is 75.8 Å². The van der Waals surface area contributed by atoms with Crippen LogP contribution in [0.2, 0.25) is 0 Å². The Labute approximate surface area is 272 Å². The van der Waals surface area contributed by atoms with Crippen LogP contribution in [0.3, 0.4) is 0 Å². The summed E-state index contributed by atoms with van der Waals surface area (Å²) in [6, 6.07) is 54.3. The summed E-state index contributed by atoms with van der Waals surface area (Å²) in [7, 11) is 0. The fourth-order valence-corrected chi connectivity index (χ4v) is 8.87. The first kappa shape index (κ1) is 25.3. The average Bonchev–Trinajstić information content (AvgIpc) is 3.81. The van der Waals surface area contributed by atoms with Crippen LogP contribution < -0.4 is 0 Å². The SMILES string of the molecule is CC1(C)c2ccccc2-c2ccc(-n3c4ccccc4c4cc(-c5ccc6c7cccc8c9ccccc9n(c6c5)c87)ccc43)cc21. The number of para-hydroxylation sites is 3. The largest absolute Gasteiger partial charge is 0.309 e. The molecule has 0 N–H and O–H groups in total. The topological polar surface area (TPSA) is 9.34 Å². The third-order valence-electron chi connectivity index (χ3n) is 11.1. The van der Waals surface area contributed by atoms with Crippen molar-refractivity contribution < 1.29 is 0 Å². The van der Waals surface area contributed by atoms with E-state index in [0.29, 0.717) is 0 Å². The van der Waals surface area contributed by atoms with Gasteiger partial charge in [0.05, 0.1) is 27.6 Å². The van der Waals surface area contributed by atoms with Crippen LogP contribution in [0.25, 0.3) is 87.8 Å². The summed E-state index contributed by atoms with van der Waals surface area (Å²) in [4.78, 5) is 0. The maximum Gasteiger partial charge on any atom is 0.0620 e. The van der Waals surface area contributed by atoms with Crippen LogP contribution in [0, 0.1) is 0 Å². The van der Waals surface area contributed by atoms with Gasteiger partial charge in [0.25, 0.3) is 0 Å². The van der Waals surface area contributed by atoms with E-state index in [9.17, 15) is 0 Å². The predicted molar refractivity (Wildman–Crippen MR) is 198 cm³/mol. The molecule has 7 aromatic carbocycles. The Morgan fingerprint density at radius 3 is 1.87 bits per heavy atom. The minimum atomic E-state index is -0.0439. The van der Waals surface area contributed by atoms with Crippen molar-refractivity contribution in [2.75, 3.05) is 0 Å². The molecule has 1 aliphatic rings. The highest BCUT2D eigenvalue weighted by Crippen LogP contribution is 2.49. The Morgan fingerprint density at radius 1 is 0.404 bits per heavy atom. The summed E-state index contributed by atoms with van der Waals surface area (Å²) in [5, 5.41) is 7.81. The fraction of sp³-hybridized carbons (Fsp3) is 0.0667. The van der Waals surface area contributed by atoms with Crippen molar-refractivity contribution in [2.24, 2.45) is 0 Å². The zero-order chi connectivity index (χ0) is 31.0. The molecule has 0 bridgehead atoms. The smallest absolute Gasteiger partial charge is 0.0620 e. The number of fused-ring (bicyclic) bond motifs is 12. The molecule has 0 amide bonds. The summed E-state index contributed by atoms with van der Waals surface area (Å²) in [5.41, 5.74) is 15.5. The van der Waals surface area contributed by atoms with E-state index >= 15 is 0 Å². The van der Waals surface area contributed by atoms with Crippen molar-refractivity contribution in [1.29, 1.82) is 0 Å². The van der Waals surface area contributed by atoms with Crippen LogP contribution in [0.4, 0.5) is 0 Å². The molecule has 1 aliphatic carbocycles. The van der Waals surface area contributed by atoms with Crippen molar-refractivity contribution in [2.45, 2.75) is 19.3 Å². The molecule has 10 aromatic rings. The zero-order valence-corrected chi connectivity index (χ0v) is 26.3. The third kappa shape index (κ3) is 3.15. The lowest BCUT2D eigenvalue weighted by molar-refractivity contribution is 0.660. The summed E-state index contributed by atoms with van der Waals surface area (Å²) in [6.07, 6.45) is 0. The van der Waals surface area contributed by atoms with Gasteiger partial charge in [0.15, 0.2) is 0 Å². The van der Waals surface area contributed by atoms with Gasteiger partial charge in [0, 0.05) is 43.4 Å². The van der Waals surface area contributed by atoms with Crippen LogP contribution in [-0.2, 0) is 5.41 Å². The number of benzene rings is 7. The van der Waals surface area contributed by atoms with Crippen LogP contribution in [0.15, 0.2) is 146 Å². The van der Waals surface area contributed by atoms with Gasteiger partial charge in [0.1, 0.15) is 0 Å². The van der Waals surface area contributed by atoms with E-state index < -0.39 is 0 Å². The Hall–Kier alpha value is -5.86. The molecule has 0 spiro atoms. The molecule has 2 nitrogen and oxygen atoms in total. The van der Waals surface area contributed by atoms with Crippen LogP contribution >= 0.6 is 0 Å². The van der Waals surface area contributed by atoms with Crippen LogP contribution in [0.5, 0.6) is 0 Å². The van der Waals surface area contributed by atoms with Gasteiger partial charge >= 0.3 is 0 Å². The lowest BCUT2D eigenvalue weighted by Gasteiger charge is -2.22. The van der Waals surface area contributed by atoms with Crippen molar-refractivity contribution in [3.63, 3.8) is 0 Å². The van der Waals surface area contributed by atoms with Gasteiger partial charge in [-0.2, -0.15) is 0 Å². The van der Waals surface area contributed by atoms with Crippen LogP contribution in [0.1, 0.15) is 25.0 Å². The summed E-state index contributed by atoms with van der Waals surface area (Å²) in [5.74, 6) is 0. The van der Waals surface area contributed by atoms with Gasteiger partial charge in [-0.1, -0.05) is 117 Å². The molecule has 220 valence electrons. The number of aromatic nitrogens is 2. The summed E-state index contributed by atoms with van der Waals surface area (Å²) < 4.78 is 4.92. The number of rotatable bonds is 2.